The second kappa shape index (κ2) is 5.39. The Labute approximate surface area is 125 Å². The molecule has 2 aromatic carbocycles. The highest BCUT2D eigenvalue weighted by Crippen LogP contribution is 2.35. The minimum atomic E-state index is -1.07. The molecule has 0 bridgehead atoms. The van der Waals surface area contributed by atoms with Crippen molar-refractivity contribution < 1.29 is 18.7 Å². The van der Waals surface area contributed by atoms with Gasteiger partial charge in [-0.15, -0.1) is 0 Å². The van der Waals surface area contributed by atoms with Gasteiger partial charge in [-0.05, 0) is 24.3 Å². The first-order chi connectivity index (χ1) is 10.1. The lowest BCUT2D eigenvalue weighted by atomic mass is 10.1. The van der Waals surface area contributed by atoms with E-state index in [4.69, 9.17) is 20.8 Å². The molecule has 1 unspecified atom stereocenters. The van der Waals surface area contributed by atoms with Gasteiger partial charge in [-0.1, -0.05) is 29.8 Å². The van der Waals surface area contributed by atoms with Crippen LogP contribution in [0.4, 0.5) is 4.39 Å². The molecule has 21 heavy (non-hydrogen) atoms. The Kier molecular flexibility index (Phi) is 3.57. The summed E-state index contributed by atoms with van der Waals surface area (Å²) >= 11 is 5.90. The van der Waals surface area contributed by atoms with E-state index in [1.165, 1.54) is 13.2 Å². The Morgan fingerprint density at radius 3 is 2.76 bits per heavy atom. The van der Waals surface area contributed by atoms with E-state index in [0.29, 0.717) is 21.7 Å². The Morgan fingerprint density at radius 1 is 1.24 bits per heavy atom. The van der Waals surface area contributed by atoms with Crippen molar-refractivity contribution >= 4 is 22.6 Å². The summed E-state index contributed by atoms with van der Waals surface area (Å²) in [6.07, 6.45) is -1.07. The normalized spacial score (nSPS) is 12.6. The van der Waals surface area contributed by atoms with Crippen molar-refractivity contribution in [2.24, 2.45) is 0 Å². The monoisotopic (exact) mass is 306 g/mol. The Morgan fingerprint density at radius 2 is 2.05 bits per heavy atom. The van der Waals surface area contributed by atoms with E-state index in [9.17, 15) is 9.50 Å². The number of hydrogen-bond acceptors (Lipinski definition) is 3. The standard InChI is InChI=1S/C16H12ClFO3/c1-20-13-8-10(17)5-6-11(13)15(19)14-7-9-3-2-4-12(18)16(9)21-14/h2-8,15,19H,1H3. The molecule has 0 aliphatic rings. The summed E-state index contributed by atoms with van der Waals surface area (Å²) < 4.78 is 24.3. The molecule has 3 aromatic rings. The largest absolute Gasteiger partial charge is 0.496 e. The SMILES string of the molecule is COc1cc(Cl)ccc1C(O)c1cc2cccc(F)c2o1. The molecule has 1 heterocycles. The summed E-state index contributed by atoms with van der Waals surface area (Å²) in [5.41, 5.74) is 0.626. The number of rotatable bonds is 3. The molecule has 0 spiro atoms. The topological polar surface area (TPSA) is 42.6 Å². The molecule has 0 saturated carbocycles. The second-order valence-electron chi connectivity index (χ2n) is 4.60. The molecule has 0 aliphatic carbocycles. The van der Waals surface area contributed by atoms with Crippen LogP contribution in [0.1, 0.15) is 17.4 Å². The first-order valence-electron chi connectivity index (χ1n) is 6.29. The molecule has 1 atom stereocenters. The summed E-state index contributed by atoms with van der Waals surface area (Å²) in [6.45, 7) is 0. The number of aliphatic hydroxyl groups is 1. The highest BCUT2D eigenvalue weighted by Gasteiger charge is 2.20. The van der Waals surface area contributed by atoms with Gasteiger partial charge < -0.3 is 14.3 Å². The minimum absolute atomic E-state index is 0.125. The number of halogens is 2. The number of benzene rings is 2. The van der Waals surface area contributed by atoms with Crippen LogP contribution >= 0.6 is 11.6 Å². The predicted octanol–water partition coefficient (Wildman–Crippen LogP) is 4.32. The average Bonchev–Trinajstić information content (AvgIpc) is 2.92. The fraction of sp³-hybridized carbons (Fsp3) is 0.125. The lowest BCUT2D eigenvalue weighted by molar-refractivity contribution is 0.187. The summed E-state index contributed by atoms with van der Waals surface area (Å²) in [6, 6.07) is 11.1. The molecule has 108 valence electrons. The predicted molar refractivity (Wildman–Crippen MR) is 78.2 cm³/mol. The number of methoxy groups -OCH3 is 1. The highest BCUT2D eigenvalue weighted by atomic mass is 35.5. The first-order valence-corrected chi connectivity index (χ1v) is 6.67. The molecule has 1 aromatic heterocycles. The number of para-hydroxylation sites is 1. The van der Waals surface area contributed by atoms with E-state index in [2.05, 4.69) is 0 Å². The summed E-state index contributed by atoms with van der Waals surface area (Å²) in [5, 5.41) is 11.5. The maximum Gasteiger partial charge on any atom is 0.170 e. The Hall–Kier alpha value is -2.04. The van der Waals surface area contributed by atoms with Gasteiger partial charge in [0.25, 0.3) is 0 Å². The van der Waals surface area contributed by atoms with Crippen molar-refractivity contribution in [3.05, 3.63) is 64.6 Å². The van der Waals surface area contributed by atoms with Crippen LogP contribution in [-0.4, -0.2) is 12.2 Å². The van der Waals surface area contributed by atoms with Crippen LogP contribution in [0.15, 0.2) is 46.9 Å². The van der Waals surface area contributed by atoms with Gasteiger partial charge in [-0.3, -0.25) is 0 Å². The van der Waals surface area contributed by atoms with E-state index in [1.807, 2.05) is 0 Å². The number of aliphatic hydroxyl groups excluding tert-OH is 1. The van der Waals surface area contributed by atoms with E-state index in [1.54, 1.807) is 36.4 Å². The molecule has 3 rings (SSSR count). The number of ether oxygens (including phenoxy) is 1. The van der Waals surface area contributed by atoms with Crippen molar-refractivity contribution in [3.8, 4) is 5.75 Å². The van der Waals surface area contributed by atoms with Crippen LogP contribution in [-0.2, 0) is 0 Å². The maximum atomic E-state index is 13.6. The number of hydrogen-bond donors (Lipinski definition) is 1. The summed E-state index contributed by atoms with van der Waals surface area (Å²) in [4.78, 5) is 0. The van der Waals surface area contributed by atoms with Crippen LogP contribution in [0.25, 0.3) is 11.0 Å². The molecule has 5 heteroatoms. The molecule has 0 fully saturated rings. The minimum Gasteiger partial charge on any atom is -0.496 e. The summed E-state index contributed by atoms with van der Waals surface area (Å²) in [7, 11) is 1.49. The maximum absolute atomic E-state index is 13.6. The van der Waals surface area contributed by atoms with E-state index in [0.717, 1.165) is 0 Å². The number of furan rings is 1. The molecule has 3 nitrogen and oxygen atoms in total. The van der Waals surface area contributed by atoms with Gasteiger partial charge in [-0.2, -0.15) is 0 Å². The fourth-order valence-electron chi connectivity index (χ4n) is 2.25. The smallest absolute Gasteiger partial charge is 0.170 e. The Bertz CT molecular complexity index is 797. The second-order valence-corrected chi connectivity index (χ2v) is 5.03. The molecule has 0 aliphatic heterocycles. The summed E-state index contributed by atoms with van der Waals surface area (Å²) in [5.74, 6) is 0.223. The van der Waals surface area contributed by atoms with Crippen LogP contribution in [0, 0.1) is 5.82 Å². The van der Waals surface area contributed by atoms with Gasteiger partial charge in [0.15, 0.2) is 11.4 Å². The lowest BCUT2D eigenvalue weighted by Crippen LogP contribution is -2.01. The number of fused-ring (bicyclic) bond motifs is 1. The zero-order chi connectivity index (χ0) is 15.0. The zero-order valence-corrected chi connectivity index (χ0v) is 11.9. The van der Waals surface area contributed by atoms with Gasteiger partial charge in [0.05, 0.1) is 7.11 Å². The zero-order valence-electron chi connectivity index (χ0n) is 11.1. The molecule has 1 N–H and O–H groups in total. The molecule has 0 amide bonds. The van der Waals surface area contributed by atoms with Crippen LogP contribution in [0.2, 0.25) is 5.02 Å². The van der Waals surface area contributed by atoms with Gasteiger partial charge in [0.2, 0.25) is 0 Å². The van der Waals surface area contributed by atoms with Crippen LogP contribution in [0.3, 0.4) is 0 Å². The van der Waals surface area contributed by atoms with E-state index < -0.39 is 11.9 Å². The van der Waals surface area contributed by atoms with Crippen molar-refractivity contribution in [3.63, 3.8) is 0 Å². The van der Waals surface area contributed by atoms with Crippen LogP contribution < -0.4 is 4.74 Å². The Balaban J connectivity index is 2.08. The van der Waals surface area contributed by atoms with Crippen molar-refractivity contribution in [2.45, 2.75) is 6.10 Å². The van der Waals surface area contributed by atoms with Gasteiger partial charge >= 0.3 is 0 Å². The quantitative estimate of drug-likeness (QED) is 0.784. The van der Waals surface area contributed by atoms with E-state index in [-0.39, 0.29) is 11.3 Å². The van der Waals surface area contributed by atoms with Gasteiger partial charge in [0, 0.05) is 16.0 Å². The highest BCUT2D eigenvalue weighted by molar-refractivity contribution is 6.30. The van der Waals surface area contributed by atoms with Crippen molar-refractivity contribution in [1.29, 1.82) is 0 Å². The third kappa shape index (κ3) is 2.48. The van der Waals surface area contributed by atoms with Crippen molar-refractivity contribution in [2.75, 3.05) is 7.11 Å². The molecule has 0 radical (unpaired) electrons. The molecular weight excluding hydrogens is 295 g/mol. The average molecular weight is 307 g/mol. The third-order valence-corrected chi connectivity index (χ3v) is 3.51. The van der Waals surface area contributed by atoms with E-state index >= 15 is 0 Å². The molecular formula is C16H12ClFO3. The van der Waals surface area contributed by atoms with Gasteiger partial charge in [0.1, 0.15) is 17.6 Å². The third-order valence-electron chi connectivity index (χ3n) is 3.27. The first kappa shape index (κ1) is 13.9. The van der Waals surface area contributed by atoms with Crippen LogP contribution in [0.5, 0.6) is 5.75 Å². The van der Waals surface area contributed by atoms with Crippen molar-refractivity contribution in [1.82, 2.24) is 0 Å². The van der Waals surface area contributed by atoms with Gasteiger partial charge in [-0.25, -0.2) is 4.39 Å². The lowest BCUT2D eigenvalue weighted by Gasteiger charge is -2.13. The molecule has 0 saturated heterocycles. The fourth-order valence-corrected chi connectivity index (χ4v) is 2.41.